The van der Waals surface area contributed by atoms with E-state index in [4.69, 9.17) is 17.5 Å². The van der Waals surface area contributed by atoms with E-state index < -0.39 is 10.4 Å². The van der Waals surface area contributed by atoms with E-state index in [-0.39, 0.29) is 73.5 Å². The van der Waals surface area contributed by atoms with Crippen LogP contribution in [0.4, 0.5) is 0 Å². The van der Waals surface area contributed by atoms with Gasteiger partial charge in [-0.05, 0) is 0 Å². The first kappa shape index (κ1) is 16.1. The first-order chi connectivity index (χ1) is 2.00. The minimum absolute atomic E-state index is 0. The molecule has 4 nitrogen and oxygen atoms in total. The molecule has 0 aromatic carbocycles. The maximum absolute atomic E-state index is 8.74. The predicted molar refractivity (Wildman–Crippen MR) is 22.2 cm³/mol. The molecule has 0 spiro atoms. The van der Waals surface area contributed by atoms with Crippen molar-refractivity contribution >= 4 is 59.3 Å². The summed E-state index contributed by atoms with van der Waals surface area (Å²) in [6.07, 6.45) is 0. The van der Waals surface area contributed by atoms with Crippen molar-refractivity contribution in [2.24, 2.45) is 0 Å². The van der Waals surface area contributed by atoms with Gasteiger partial charge in [0.15, 0.2) is 0 Å². The van der Waals surface area contributed by atoms with Crippen LogP contribution in [-0.2, 0) is 32.1 Å². The molecule has 0 aliphatic rings. The monoisotopic (exact) mass is 286 g/mol. The predicted octanol–water partition coefficient (Wildman–Crippen LogP) is -0.811. The van der Waals surface area contributed by atoms with Gasteiger partial charge in [-0.25, -0.2) is 0 Å². The molecule has 0 amide bonds. The molecule has 0 fully saturated rings. The first-order valence-corrected chi connectivity index (χ1v) is 2.10. The van der Waals surface area contributed by atoms with Gasteiger partial charge in [0, 0.05) is 21.7 Å². The molecule has 0 rings (SSSR count). The van der Waals surface area contributed by atoms with Crippen LogP contribution in [0, 0.1) is 0 Å². The van der Waals surface area contributed by atoms with Gasteiger partial charge >= 0.3 is 59.3 Å². The Morgan fingerprint density at radius 2 is 1.29 bits per heavy atom. The SMILES string of the molecule is O=S(=O)(O)O.[Ba+2].[H-].[H-].[Ti]. The van der Waals surface area contributed by atoms with E-state index >= 15 is 0 Å². The van der Waals surface area contributed by atoms with E-state index in [0.29, 0.717) is 0 Å². The van der Waals surface area contributed by atoms with E-state index in [1.54, 1.807) is 0 Å². The average Bonchev–Trinajstić information content (AvgIpc) is 0.722. The standard InChI is InChI=1S/Ba.H2O4S.Ti.2H/c;1-5(2,3)4;;;/h;(H2,1,2,3,4);;;/q+2;;;2*-1. The van der Waals surface area contributed by atoms with E-state index in [0.717, 1.165) is 0 Å². The Morgan fingerprint density at radius 1 is 1.29 bits per heavy atom. The third-order valence-electron chi connectivity index (χ3n) is 0. The molecule has 0 saturated heterocycles. The van der Waals surface area contributed by atoms with Crippen LogP contribution >= 0.6 is 0 Å². The quantitative estimate of drug-likeness (QED) is 0.451. The summed E-state index contributed by atoms with van der Waals surface area (Å²) in [5.74, 6) is 0. The molecule has 40 valence electrons. The minimum atomic E-state index is -4.67. The van der Waals surface area contributed by atoms with Gasteiger partial charge in [-0.1, -0.05) is 0 Å². The maximum atomic E-state index is 8.74. The zero-order valence-corrected chi connectivity index (χ0v) is 10.1. The van der Waals surface area contributed by atoms with Crippen LogP contribution in [0.2, 0.25) is 0 Å². The third kappa shape index (κ3) is 66.5. The molecular formula is H4BaO4STi. The van der Waals surface area contributed by atoms with Crippen LogP contribution < -0.4 is 0 Å². The van der Waals surface area contributed by atoms with Crippen LogP contribution in [-0.4, -0.2) is 66.4 Å². The maximum Gasteiger partial charge on any atom is 2.00 e. The first-order valence-electron chi connectivity index (χ1n) is 0.698. The zero-order valence-electron chi connectivity index (χ0n) is 5.33. The molecule has 0 saturated carbocycles. The fraction of sp³-hybridized carbons (Fsp3) is 0. The Labute approximate surface area is 99.6 Å². The summed E-state index contributed by atoms with van der Waals surface area (Å²) in [5, 5.41) is 0. The van der Waals surface area contributed by atoms with Crippen molar-refractivity contribution < 1.29 is 42.1 Å². The second-order valence-electron chi connectivity index (χ2n) is 0.448. The Morgan fingerprint density at radius 3 is 1.29 bits per heavy atom. The van der Waals surface area contributed by atoms with Gasteiger partial charge in [0.2, 0.25) is 0 Å². The molecule has 7 heteroatoms. The summed E-state index contributed by atoms with van der Waals surface area (Å²) in [6, 6.07) is 0. The van der Waals surface area contributed by atoms with Crippen molar-refractivity contribution in [1.82, 2.24) is 0 Å². The smallest absolute Gasteiger partial charge is 1.00 e. The third-order valence-corrected chi connectivity index (χ3v) is 0. The molecule has 0 atom stereocenters. The van der Waals surface area contributed by atoms with Crippen molar-refractivity contribution in [1.29, 1.82) is 0 Å². The Balaban J connectivity index is -0.0000000133. The molecule has 0 heterocycles. The Kier molecular flexibility index (Phi) is 14.4. The van der Waals surface area contributed by atoms with Gasteiger partial charge in [-0.15, -0.1) is 0 Å². The van der Waals surface area contributed by atoms with Crippen molar-refractivity contribution in [2.45, 2.75) is 0 Å². The number of rotatable bonds is 0. The van der Waals surface area contributed by atoms with Crippen LogP contribution in [0.5, 0.6) is 0 Å². The zero-order chi connectivity index (χ0) is 4.50. The molecule has 7 heavy (non-hydrogen) atoms. The Hall–Kier alpha value is 2.16. The van der Waals surface area contributed by atoms with E-state index in [2.05, 4.69) is 0 Å². The molecule has 0 bridgehead atoms. The summed E-state index contributed by atoms with van der Waals surface area (Å²) < 4.78 is 31.6. The van der Waals surface area contributed by atoms with Crippen molar-refractivity contribution in [3.8, 4) is 0 Å². The van der Waals surface area contributed by atoms with Crippen LogP contribution in [0.3, 0.4) is 0 Å². The summed E-state index contributed by atoms with van der Waals surface area (Å²) in [5.41, 5.74) is 0. The molecule has 0 radical (unpaired) electrons. The summed E-state index contributed by atoms with van der Waals surface area (Å²) in [4.78, 5) is 0. The van der Waals surface area contributed by atoms with Crippen molar-refractivity contribution in [2.75, 3.05) is 0 Å². The molecule has 0 aliphatic carbocycles. The van der Waals surface area contributed by atoms with Gasteiger partial charge < -0.3 is 2.85 Å². The molecule has 2 N–H and O–H groups in total. The number of hydrogen-bond acceptors (Lipinski definition) is 2. The van der Waals surface area contributed by atoms with Crippen LogP contribution in [0.1, 0.15) is 2.85 Å². The number of hydrogen-bond donors (Lipinski definition) is 2. The fourth-order valence-corrected chi connectivity index (χ4v) is 0. The van der Waals surface area contributed by atoms with Gasteiger partial charge in [0.25, 0.3) is 0 Å². The largest absolute Gasteiger partial charge is 2.00 e. The second kappa shape index (κ2) is 6.28. The van der Waals surface area contributed by atoms with Crippen LogP contribution in [0.15, 0.2) is 0 Å². The van der Waals surface area contributed by atoms with Gasteiger partial charge in [0.05, 0.1) is 0 Å². The normalized spacial score (nSPS) is 8.29. The average molecular weight is 285 g/mol. The van der Waals surface area contributed by atoms with Gasteiger partial charge in [0.1, 0.15) is 0 Å². The molecule has 0 aromatic heterocycles. The molecule has 0 unspecified atom stereocenters. The summed E-state index contributed by atoms with van der Waals surface area (Å²) >= 11 is 0. The van der Waals surface area contributed by atoms with E-state index in [9.17, 15) is 0 Å². The Bertz CT molecular complexity index is 102. The summed E-state index contributed by atoms with van der Waals surface area (Å²) in [7, 11) is -4.67. The minimum Gasteiger partial charge on any atom is -1.00 e. The van der Waals surface area contributed by atoms with Gasteiger partial charge in [-0.2, -0.15) is 8.42 Å². The van der Waals surface area contributed by atoms with Gasteiger partial charge in [-0.3, -0.25) is 9.11 Å². The summed E-state index contributed by atoms with van der Waals surface area (Å²) in [6.45, 7) is 0. The topological polar surface area (TPSA) is 74.6 Å². The molecule has 0 aromatic rings. The fourth-order valence-electron chi connectivity index (χ4n) is 0. The van der Waals surface area contributed by atoms with Crippen LogP contribution in [0.25, 0.3) is 0 Å². The van der Waals surface area contributed by atoms with E-state index in [1.807, 2.05) is 0 Å². The van der Waals surface area contributed by atoms with E-state index in [1.165, 1.54) is 0 Å². The van der Waals surface area contributed by atoms with Crippen molar-refractivity contribution in [3.05, 3.63) is 0 Å². The molecule has 0 aliphatic heterocycles. The van der Waals surface area contributed by atoms with Crippen molar-refractivity contribution in [3.63, 3.8) is 0 Å². The molecular weight excluding hydrogens is 281 g/mol. The second-order valence-corrected chi connectivity index (χ2v) is 1.34.